The zero-order chi connectivity index (χ0) is 12.4. The number of rotatable bonds is 6. The standard InChI is InChI=1S/C12H21N3O2/c1-8(2)12-13-11(14-17-12)7-15(3)6-10(16)9-4-5-9/h8-10,16H,4-7H2,1-3H3. The lowest BCUT2D eigenvalue weighted by atomic mass is 10.2. The van der Waals surface area contributed by atoms with Crippen molar-refractivity contribution in [1.82, 2.24) is 15.0 Å². The van der Waals surface area contributed by atoms with Gasteiger partial charge in [-0.1, -0.05) is 19.0 Å². The quantitative estimate of drug-likeness (QED) is 0.813. The molecule has 0 aromatic carbocycles. The summed E-state index contributed by atoms with van der Waals surface area (Å²) in [6, 6.07) is 0. The number of likely N-dealkylation sites (N-methyl/N-ethyl adjacent to an activating group) is 1. The van der Waals surface area contributed by atoms with Crippen molar-refractivity contribution in [3.8, 4) is 0 Å². The van der Waals surface area contributed by atoms with E-state index in [9.17, 15) is 5.11 Å². The average Bonchev–Trinajstić information content (AvgIpc) is 2.99. The summed E-state index contributed by atoms with van der Waals surface area (Å²) in [6.07, 6.45) is 2.11. The molecule has 0 amide bonds. The van der Waals surface area contributed by atoms with Gasteiger partial charge in [-0.3, -0.25) is 4.90 Å². The first kappa shape index (κ1) is 12.5. The van der Waals surface area contributed by atoms with Gasteiger partial charge < -0.3 is 9.63 Å². The molecule has 0 radical (unpaired) electrons. The van der Waals surface area contributed by atoms with Crippen molar-refractivity contribution in [3.63, 3.8) is 0 Å². The van der Waals surface area contributed by atoms with Crippen LogP contribution in [0.25, 0.3) is 0 Å². The molecule has 1 N–H and O–H groups in total. The molecule has 1 unspecified atom stereocenters. The van der Waals surface area contributed by atoms with E-state index in [0.29, 0.717) is 30.7 Å². The van der Waals surface area contributed by atoms with Crippen LogP contribution < -0.4 is 0 Å². The molecular weight excluding hydrogens is 218 g/mol. The molecule has 1 fully saturated rings. The molecule has 1 heterocycles. The van der Waals surface area contributed by atoms with Crippen molar-refractivity contribution in [2.45, 2.75) is 45.3 Å². The van der Waals surface area contributed by atoms with Gasteiger partial charge in [0.25, 0.3) is 0 Å². The maximum absolute atomic E-state index is 9.82. The fraction of sp³-hybridized carbons (Fsp3) is 0.833. The van der Waals surface area contributed by atoms with Gasteiger partial charge in [0.15, 0.2) is 5.82 Å². The molecule has 96 valence electrons. The summed E-state index contributed by atoms with van der Waals surface area (Å²) in [5.74, 6) is 2.14. The highest BCUT2D eigenvalue weighted by Gasteiger charge is 2.30. The van der Waals surface area contributed by atoms with E-state index in [1.54, 1.807) is 0 Å². The van der Waals surface area contributed by atoms with Crippen LogP contribution in [0.1, 0.15) is 44.3 Å². The van der Waals surface area contributed by atoms with E-state index in [2.05, 4.69) is 10.1 Å². The van der Waals surface area contributed by atoms with Gasteiger partial charge in [0.05, 0.1) is 12.6 Å². The third-order valence-electron chi connectivity index (χ3n) is 3.05. The zero-order valence-corrected chi connectivity index (χ0v) is 10.8. The number of nitrogens with zero attached hydrogens (tertiary/aromatic N) is 3. The average molecular weight is 239 g/mol. The molecule has 0 bridgehead atoms. The van der Waals surface area contributed by atoms with Crippen LogP contribution in [0.2, 0.25) is 0 Å². The number of aliphatic hydroxyl groups is 1. The summed E-state index contributed by atoms with van der Waals surface area (Å²) >= 11 is 0. The minimum Gasteiger partial charge on any atom is -0.392 e. The summed E-state index contributed by atoms with van der Waals surface area (Å²) in [5, 5.41) is 13.8. The zero-order valence-electron chi connectivity index (χ0n) is 10.8. The third-order valence-corrected chi connectivity index (χ3v) is 3.05. The highest BCUT2D eigenvalue weighted by molar-refractivity contribution is 4.91. The molecule has 1 saturated carbocycles. The number of hydrogen-bond donors (Lipinski definition) is 1. The number of hydrogen-bond acceptors (Lipinski definition) is 5. The number of aromatic nitrogens is 2. The minimum atomic E-state index is -0.212. The van der Waals surface area contributed by atoms with Crippen LogP contribution in [0.3, 0.4) is 0 Å². The molecule has 1 atom stereocenters. The SMILES string of the molecule is CC(C)c1nc(CN(C)CC(O)C2CC2)no1. The lowest BCUT2D eigenvalue weighted by Gasteiger charge is -2.18. The Hall–Kier alpha value is -0.940. The van der Waals surface area contributed by atoms with Crippen molar-refractivity contribution in [1.29, 1.82) is 0 Å². The maximum Gasteiger partial charge on any atom is 0.229 e. The highest BCUT2D eigenvalue weighted by atomic mass is 16.5. The molecule has 0 aliphatic heterocycles. The maximum atomic E-state index is 9.82. The van der Waals surface area contributed by atoms with E-state index in [-0.39, 0.29) is 12.0 Å². The Kier molecular flexibility index (Phi) is 3.79. The second-order valence-electron chi connectivity index (χ2n) is 5.31. The molecule has 17 heavy (non-hydrogen) atoms. The second-order valence-corrected chi connectivity index (χ2v) is 5.31. The molecular formula is C12H21N3O2. The Balaban J connectivity index is 1.82. The van der Waals surface area contributed by atoms with Gasteiger partial charge in [-0.05, 0) is 25.8 Å². The van der Waals surface area contributed by atoms with Gasteiger partial charge in [-0.2, -0.15) is 4.98 Å². The summed E-state index contributed by atoms with van der Waals surface area (Å²) in [7, 11) is 1.97. The van der Waals surface area contributed by atoms with Crippen LogP contribution in [0.4, 0.5) is 0 Å². The molecule has 1 aromatic rings. The Labute approximate surface area is 102 Å². The topological polar surface area (TPSA) is 62.4 Å². The van der Waals surface area contributed by atoms with E-state index >= 15 is 0 Å². The Bertz CT molecular complexity index is 360. The van der Waals surface area contributed by atoms with Gasteiger partial charge in [0, 0.05) is 12.5 Å². The van der Waals surface area contributed by atoms with Gasteiger partial charge in [0.2, 0.25) is 5.89 Å². The third kappa shape index (κ3) is 3.51. The summed E-state index contributed by atoms with van der Waals surface area (Å²) < 4.78 is 5.14. The lowest BCUT2D eigenvalue weighted by molar-refractivity contribution is 0.103. The largest absolute Gasteiger partial charge is 0.392 e. The van der Waals surface area contributed by atoms with Gasteiger partial charge in [-0.25, -0.2) is 0 Å². The first-order chi connectivity index (χ1) is 8.06. The predicted molar refractivity (Wildman–Crippen MR) is 63.5 cm³/mol. The predicted octanol–water partition coefficient (Wildman–Crippen LogP) is 1.40. The first-order valence-electron chi connectivity index (χ1n) is 6.25. The molecule has 1 aliphatic rings. The van der Waals surface area contributed by atoms with Crippen LogP contribution in [-0.4, -0.2) is 39.8 Å². The molecule has 5 heteroatoms. The van der Waals surface area contributed by atoms with E-state index in [1.807, 2.05) is 25.8 Å². The number of aliphatic hydroxyl groups excluding tert-OH is 1. The van der Waals surface area contributed by atoms with Crippen LogP contribution in [-0.2, 0) is 6.54 Å². The monoisotopic (exact) mass is 239 g/mol. The van der Waals surface area contributed by atoms with Gasteiger partial charge in [-0.15, -0.1) is 0 Å². The normalized spacial score (nSPS) is 18.0. The van der Waals surface area contributed by atoms with Crippen molar-refractivity contribution in [2.24, 2.45) is 5.92 Å². The summed E-state index contributed by atoms with van der Waals surface area (Å²) in [6.45, 7) is 5.35. The molecule has 1 aliphatic carbocycles. The smallest absolute Gasteiger partial charge is 0.229 e. The Morgan fingerprint density at radius 1 is 1.47 bits per heavy atom. The van der Waals surface area contributed by atoms with Crippen LogP contribution in [0.5, 0.6) is 0 Å². The molecule has 0 saturated heterocycles. The summed E-state index contributed by atoms with van der Waals surface area (Å²) in [4.78, 5) is 6.36. The van der Waals surface area contributed by atoms with Crippen molar-refractivity contribution in [2.75, 3.05) is 13.6 Å². The first-order valence-corrected chi connectivity index (χ1v) is 6.25. The van der Waals surface area contributed by atoms with Crippen molar-refractivity contribution >= 4 is 0 Å². The molecule has 5 nitrogen and oxygen atoms in total. The van der Waals surface area contributed by atoms with Crippen LogP contribution in [0.15, 0.2) is 4.52 Å². The molecule has 1 aromatic heterocycles. The highest BCUT2D eigenvalue weighted by Crippen LogP contribution is 2.32. The Morgan fingerprint density at radius 3 is 2.71 bits per heavy atom. The molecule has 0 spiro atoms. The minimum absolute atomic E-state index is 0.212. The van der Waals surface area contributed by atoms with E-state index in [0.717, 1.165) is 12.8 Å². The van der Waals surface area contributed by atoms with Crippen molar-refractivity contribution < 1.29 is 9.63 Å². The van der Waals surface area contributed by atoms with Crippen LogP contribution >= 0.6 is 0 Å². The van der Waals surface area contributed by atoms with Gasteiger partial charge >= 0.3 is 0 Å². The second kappa shape index (κ2) is 5.14. The van der Waals surface area contributed by atoms with E-state index in [1.165, 1.54) is 0 Å². The van der Waals surface area contributed by atoms with E-state index < -0.39 is 0 Å². The fourth-order valence-electron chi connectivity index (χ4n) is 1.82. The van der Waals surface area contributed by atoms with Gasteiger partial charge in [0.1, 0.15) is 0 Å². The molecule has 2 rings (SSSR count). The Morgan fingerprint density at radius 2 is 2.18 bits per heavy atom. The van der Waals surface area contributed by atoms with Crippen LogP contribution in [0, 0.1) is 5.92 Å². The summed E-state index contributed by atoms with van der Waals surface area (Å²) in [5.41, 5.74) is 0. The lowest BCUT2D eigenvalue weighted by Crippen LogP contribution is -2.30. The van der Waals surface area contributed by atoms with E-state index in [4.69, 9.17) is 4.52 Å². The fourth-order valence-corrected chi connectivity index (χ4v) is 1.82. The van der Waals surface area contributed by atoms with Crippen molar-refractivity contribution in [3.05, 3.63) is 11.7 Å².